The van der Waals surface area contributed by atoms with Gasteiger partial charge < -0.3 is 14.8 Å². The van der Waals surface area contributed by atoms with Crippen LogP contribution in [0.15, 0.2) is 47.7 Å². The number of benzene rings is 1. The van der Waals surface area contributed by atoms with Gasteiger partial charge in [0.05, 0.1) is 10.5 Å². The number of hydrogen-bond donors (Lipinski definition) is 1. The number of hydrogen-bond acceptors (Lipinski definition) is 4. The molecule has 3 rings (SSSR count). The van der Waals surface area contributed by atoms with Gasteiger partial charge in [-0.05, 0) is 32.8 Å². The van der Waals surface area contributed by atoms with Crippen molar-refractivity contribution in [3.05, 3.63) is 54.1 Å². The molecule has 0 spiro atoms. The lowest BCUT2D eigenvalue weighted by molar-refractivity contribution is 0.353. The van der Waals surface area contributed by atoms with Gasteiger partial charge in [-0.25, -0.2) is 18.4 Å². The Labute approximate surface area is 196 Å². The largest absolute Gasteiger partial charge is 0.357 e. The molecular formula is C21H32IN5O2S. The van der Waals surface area contributed by atoms with E-state index in [-0.39, 0.29) is 29.7 Å². The van der Waals surface area contributed by atoms with Crippen LogP contribution in [0.2, 0.25) is 0 Å². The summed E-state index contributed by atoms with van der Waals surface area (Å²) in [6, 6.07) is 10.4. The van der Waals surface area contributed by atoms with Crippen molar-refractivity contribution < 1.29 is 8.42 Å². The van der Waals surface area contributed by atoms with Gasteiger partial charge in [0, 0.05) is 38.6 Å². The van der Waals surface area contributed by atoms with Crippen molar-refractivity contribution >= 4 is 39.8 Å². The first kappa shape index (κ1) is 24.6. The van der Waals surface area contributed by atoms with Gasteiger partial charge in [-0.2, -0.15) is 0 Å². The molecule has 2 heterocycles. The highest BCUT2D eigenvalue weighted by molar-refractivity contribution is 14.0. The average Bonchev–Trinajstić information content (AvgIpc) is 3.14. The van der Waals surface area contributed by atoms with Crippen molar-refractivity contribution in [3.63, 3.8) is 0 Å². The number of guanidine groups is 1. The zero-order chi connectivity index (χ0) is 20.9. The summed E-state index contributed by atoms with van der Waals surface area (Å²) >= 11 is 0. The second-order valence-electron chi connectivity index (χ2n) is 7.94. The summed E-state index contributed by atoms with van der Waals surface area (Å²) in [5.74, 6) is 1.80. The van der Waals surface area contributed by atoms with Gasteiger partial charge in [0.15, 0.2) is 15.8 Å². The third-order valence-electron chi connectivity index (χ3n) is 5.33. The summed E-state index contributed by atoms with van der Waals surface area (Å²) in [5.41, 5.74) is 1.29. The third kappa shape index (κ3) is 5.96. The van der Waals surface area contributed by atoms with Crippen molar-refractivity contribution in [2.75, 3.05) is 25.4 Å². The van der Waals surface area contributed by atoms with Gasteiger partial charge in [0.25, 0.3) is 0 Å². The number of nitrogens with one attached hydrogen (secondary N) is 1. The first-order valence-electron chi connectivity index (χ1n) is 10.1. The lowest BCUT2D eigenvalue weighted by Crippen LogP contribution is -2.57. The molecule has 30 heavy (non-hydrogen) atoms. The Bertz CT molecular complexity index is 941. The predicted molar refractivity (Wildman–Crippen MR) is 132 cm³/mol. The second-order valence-corrected chi connectivity index (χ2v) is 10.7. The number of aryl methyl sites for hydroxylation is 2. The van der Waals surface area contributed by atoms with E-state index in [1.165, 1.54) is 5.56 Å². The molecule has 0 aliphatic carbocycles. The van der Waals surface area contributed by atoms with E-state index in [4.69, 9.17) is 4.99 Å². The summed E-state index contributed by atoms with van der Waals surface area (Å²) in [6.45, 7) is 8.51. The zero-order valence-corrected chi connectivity index (χ0v) is 21.1. The Balaban J connectivity index is 0.00000320. The highest BCUT2D eigenvalue weighted by Crippen LogP contribution is 2.23. The lowest BCUT2D eigenvalue weighted by Gasteiger charge is -2.39. The maximum absolute atomic E-state index is 12.3. The Morgan fingerprint density at radius 2 is 2.00 bits per heavy atom. The Morgan fingerprint density at radius 3 is 2.67 bits per heavy atom. The molecule has 9 heteroatoms. The molecule has 1 fully saturated rings. The predicted octanol–water partition coefficient (Wildman–Crippen LogP) is 2.72. The summed E-state index contributed by atoms with van der Waals surface area (Å²) in [7, 11) is -3.08. The van der Waals surface area contributed by atoms with Crippen LogP contribution in [0.3, 0.4) is 0 Å². The van der Waals surface area contributed by atoms with Crippen LogP contribution >= 0.6 is 24.0 Å². The fourth-order valence-electron chi connectivity index (χ4n) is 3.49. The topological polar surface area (TPSA) is 79.6 Å². The van der Waals surface area contributed by atoms with E-state index in [1.807, 2.05) is 24.1 Å². The fraction of sp³-hybridized carbons (Fsp3) is 0.524. The van der Waals surface area contributed by atoms with Crippen LogP contribution in [-0.4, -0.2) is 59.0 Å². The minimum Gasteiger partial charge on any atom is -0.357 e. The van der Waals surface area contributed by atoms with Gasteiger partial charge in [-0.3, -0.25) is 0 Å². The molecule has 166 valence electrons. The molecule has 1 aromatic heterocycles. The number of nitrogens with zero attached hydrogens (tertiary/aromatic N) is 4. The highest BCUT2D eigenvalue weighted by atomic mass is 127. The molecule has 0 unspecified atom stereocenters. The number of aliphatic imine (C=N–C) groups is 1. The Hall–Kier alpha value is -1.62. The monoisotopic (exact) mass is 545 g/mol. The third-order valence-corrected chi connectivity index (χ3v) is 7.87. The van der Waals surface area contributed by atoms with Gasteiger partial charge >= 0.3 is 0 Å². The fourth-order valence-corrected chi connectivity index (χ4v) is 4.85. The summed E-state index contributed by atoms with van der Waals surface area (Å²) in [6.07, 6.45) is 4.73. The van der Waals surface area contributed by atoms with E-state index in [2.05, 4.69) is 39.1 Å². The number of halogens is 1. The van der Waals surface area contributed by atoms with Gasteiger partial charge in [-0.1, -0.05) is 30.3 Å². The molecular weight excluding hydrogens is 513 g/mol. The van der Waals surface area contributed by atoms with E-state index in [1.54, 1.807) is 20.0 Å². The van der Waals surface area contributed by atoms with Crippen LogP contribution in [0.25, 0.3) is 0 Å². The summed E-state index contributed by atoms with van der Waals surface area (Å²) < 4.78 is 26.0. The van der Waals surface area contributed by atoms with Crippen LogP contribution in [-0.2, 0) is 29.3 Å². The second kappa shape index (κ2) is 10.6. The van der Waals surface area contributed by atoms with Crippen molar-refractivity contribution in [3.8, 4) is 0 Å². The summed E-state index contributed by atoms with van der Waals surface area (Å²) in [4.78, 5) is 11.3. The van der Waals surface area contributed by atoms with Crippen molar-refractivity contribution in [2.45, 2.75) is 45.0 Å². The molecule has 0 bridgehead atoms. The molecule has 0 amide bonds. The smallest absolute Gasteiger partial charge is 0.194 e. The minimum atomic E-state index is -3.08. The minimum absolute atomic E-state index is 0. The number of imidazole rings is 1. The van der Waals surface area contributed by atoms with Gasteiger partial charge in [-0.15, -0.1) is 24.0 Å². The number of rotatable bonds is 6. The van der Waals surface area contributed by atoms with Crippen LogP contribution in [0.1, 0.15) is 32.2 Å². The van der Waals surface area contributed by atoms with E-state index >= 15 is 0 Å². The molecule has 0 atom stereocenters. The van der Waals surface area contributed by atoms with E-state index < -0.39 is 14.6 Å². The number of sulfone groups is 1. The molecule has 1 N–H and O–H groups in total. The Kier molecular flexibility index (Phi) is 8.72. The maximum atomic E-state index is 12.3. The quantitative estimate of drug-likeness (QED) is 0.343. The molecule has 2 aromatic rings. The van der Waals surface area contributed by atoms with E-state index in [9.17, 15) is 8.42 Å². The first-order valence-corrected chi connectivity index (χ1v) is 11.8. The number of aromatic nitrogens is 2. The molecule has 1 saturated heterocycles. The Morgan fingerprint density at radius 1 is 1.27 bits per heavy atom. The molecule has 0 radical (unpaired) electrons. The maximum Gasteiger partial charge on any atom is 0.194 e. The SMILES string of the molecule is CCNC(=NCc1nccn1CCc1ccccc1)N1CCS(=O)(=O)C(C)(C)C1.I. The van der Waals surface area contributed by atoms with Gasteiger partial charge in [0.2, 0.25) is 0 Å². The molecule has 1 aromatic carbocycles. The molecule has 1 aliphatic rings. The van der Waals surface area contributed by atoms with Crippen LogP contribution < -0.4 is 5.32 Å². The molecule has 1 aliphatic heterocycles. The lowest BCUT2D eigenvalue weighted by atomic mass is 10.1. The molecule has 0 saturated carbocycles. The van der Waals surface area contributed by atoms with Crippen molar-refractivity contribution in [1.29, 1.82) is 0 Å². The van der Waals surface area contributed by atoms with Crippen LogP contribution in [0, 0.1) is 0 Å². The van der Waals surface area contributed by atoms with Crippen molar-refractivity contribution in [1.82, 2.24) is 19.8 Å². The zero-order valence-electron chi connectivity index (χ0n) is 17.9. The standard InChI is InChI=1S/C21H31N5O2S.HI/c1-4-22-20(26-14-15-29(27,28)21(2,3)17-26)24-16-19-23-11-13-25(19)12-10-18-8-6-5-7-9-18;/h5-9,11,13H,4,10,12,14-17H2,1-3H3,(H,22,24);1H. The van der Waals surface area contributed by atoms with Crippen LogP contribution in [0.4, 0.5) is 0 Å². The van der Waals surface area contributed by atoms with Crippen molar-refractivity contribution in [2.24, 2.45) is 4.99 Å². The van der Waals surface area contributed by atoms with Gasteiger partial charge in [0.1, 0.15) is 12.4 Å². The molecule has 7 nitrogen and oxygen atoms in total. The summed E-state index contributed by atoms with van der Waals surface area (Å²) in [5, 5.41) is 3.30. The van der Waals surface area contributed by atoms with Crippen LogP contribution in [0.5, 0.6) is 0 Å². The normalized spacial score (nSPS) is 18.0. The highest BCUT2D eigenvalue weighted by Gasteiger charge is 2.40. The first-order chi connectivity index (χ1) is 13.8. The van der Waals surface area contributed by atoms with E-state index in [0.717, 1.165) is 31.3 Å². The van der Waals surface area contributed by atoms with E-state index in [0.29, 0.717) is 19.6 Å². The average molecular weight is 545 g/mol.